The highest BCUT2D eigenvalue weighted by Crippen LogP contribution is 2.49. The molecule has 3 heterocycles. The summed E-state index contributed by atoms with van der Waals surface area (Å²) in [5, 5.41) is 3.97. The van der Waals surface area contributed by atoms with Gasteiger partial charge < -0.3 is 9.05 Å². The van der Waals surface area contributed by atoms with Crippen molar-refractivity contribution in [1.29, 1.82) is 0 Å². The molecule has 1 saturated heterocycles. The van der Waals surface area contributed by atoms with Crippen molar-refractivity contribution >= 4 is 48.2 Å². The maximum absolute atomic E-state index is 13.1. The lowest BCUT2D eigenvalue weighted by Gasteiger charge is -2.31. The van der Waals surface area contributed by atoms with Crippen LogP contribution in [0.4, 0.5) is 0 Å². The van der Waals surface area contributed by atoms with Gasteiger partial charge >= 0.3 is 7.60 Å². The Morgan fingerprint density at radius 1 is 1.00 bits per heavy atom. The fraction of sp³-hybridized carbons (Fsp3) is 0.350. The molecule has 1 fully saturated rings. The molecule has 0 aliphatic carbocycles. The first-order valence-electron chi connectivity index (χ1n) is 9.16. The zero-order chi connectivity index (χ0) is 20.0. The Labute approximate surface area is 173 Å². The quantitative estimate of drug-likeness (QED) is 0.410. The number of thiophene rings is 2. The molecule has 8 heteroatoms. The van der Waals surface area contributed by atoms with Gasteiger partial charge in [0.15, 0.2) is 5.78 Å². The number of likely N-dealkylation sites (tertiary alicyclic amines) is 1. The molecule has 0 radical (unpaired) electrons. The lowest BCUT2D eigenvalue weighted by Crippen LogP contribution is -2.38. The molecule has 3 rings (SSSR count). The van der Waals surface area contributed by atoms with Crippen LogP contribution in [0.1, 0.15) is 23.6 Å². The van der Waals surface area contributed by atoms with E-state index in [4.69, 9.17) is 9.05 Å². The van der Waals surface area contributed by atoms with Gasteiger partial charge in [-0.05, 0) is 48.9 Å². The van der Waals surface area contributed by atoms with Crippen molar-refractivity contribution in [2.75, 3.05) is 32.6 Å². The number of hydrogen-bond acceptors (Lipinski definition) is 7. The zero-order valence-corrected chi connectivity index (χ0v) is 18.5. The summed E-state index contributed by atoms with van der Waals surface area (Å²) in [6.07, 6.45) is 4.01. The van der Waals surface area contributed by atoms with E-state index in [1.807, 2.05) is 52.1 Å². The Kier molecular flexibility index (Phi) is 7.57. The smallest absolute Gasteiger partial charge is 0.308 e. The van der Waals surface area contributed by atoms with Crippen LogP contribution in [0.2, 0.25) is 0 Å². The monoisotopic (exact) mass is 437 g/mol. The number of carbonyl (C=O) groups excluding carboxylic acids is 1. The van der Waals surface area contributed by atoms with E-state index in [-0.39, 0.29) is 12.1 Å². The van der Waals surface area contributed by atoms with Crippen LogP contribution >= 0.6 is 30.3 Å². The molecule has 0 amide bonds. The number of nitrogens with zero attached hydrogens (tertiary/aromatic N) is 1. The van der Waals surface area contributed by atoms with Gasteiger partial charge in [0.2, 0.25) is 0 Å². The number of Topliss-reactive ketones (excluding diaryl/α,β-unsaturated/α-hetero) is 1. The third-order valence-corrected chi connectivity index (χ3v) is 7.80. The van der Waals surface area contributed by atoms with Gasteiger partial charge in [-0.2, -0.15) is 0 Å². The topological polar surface area (TPSA) is 55.8 Å². The SMILES string of the molecule is CCOP(=O)(CN1C/C(=C\c2cccs2)C(=O)/C(=C/c2cccs2)C1)OCC. The molecule has 1 aliphatic heterocycles. The van der Waals surface area contributed by atoms with Crippen molar-refractivity contribution in [2.24, 2.45) is 0 Å². The number of piperidine rings is 1. The molecule has 0 aromatic carbocycles. The van der Waals surface area contributed by atoms with Crippen molar-refractivity contribution in [3.05, 3.63) is 55.9 Å². The van der Waals surface area contributed by atoms with Crippen LogP contribution in [0.15, 0.2) is 46.2 Å². The highest BCUT2D eigenvalue weighted by atomic mass is 32.1. The summed E-state index contributed by atoms with van der Waals surface area (Å²) in [6, 6.07) is 7.89. The molecule has 28 heavy (non-hydrogen) atoms. The predicted octanol–water partition coefficient (Wildman–Crippen LogP) is 5.38. The van der Waals surface area contributed by atoms with E-state index in [9.17, 15) is 9.36 Å². The van der Waals surface area contributed by atoms with Crippen molar-refractivity contribution in [3.63, 3.8) is 0 Å². The molecule has 0 atom stereocenters. The average Bonchev–Trinajstić information content (AvgIpc) is 3.33. The number of hydrogen-bond donors (Lipinski definition) is 0. The highest BCUT2D eigenvalue weighted by molar-refractivity contribution is 7.53. The second kappa shape index (κ2) is 9.92. The van der Waals surface area contributed by atoms with Crippen LogP contribution in [0, 0.1) is 0 Å². The van der Waals surface area contributed by atoms with Gasteiger partial charge in [-0.15, -0.1) is 22.7 Å². The minimum absolute atomic E-state index is 0.0423. The molecule has 1 aliphatic rings. The van der Waals surface area contributed by atoms with Crippen LogP contribution in [0.3, 0.4) is 0 Å². The fourth-order valence-electron chi connectivity index (χ4n) is 3.06. The van der Waals surface area contributed by atoms with Crippen LogP contribution in [-0.4, -0.2) is 43.3 Å². The summed E-state index contributed by atoms with van der Waals surface area (Å²) in [5.41, 5.74) is 1.38. The van der Waals surface area contributed by atoms with Crippen molar-refractivity contribution in [2.45, 2.75) is 13.8 Å². The maximum Gasteiger partial charge on any atom is 0.344 e. The largest absolute Gasteiger partial charge is 0.344 e. The third kappa shape index (κ3) is 5.60. The zero-order valence-electron chi connectivity index (χ0n) is 16.0. The molecule has 0 spiro atoms. The van der Waals surface area contributed by atoms with Gasteiger partial charge in [-0.1, -0.05) is 12.1 Å². The standard InChI is InChI=1S/C20H24NO4PS2/c1-3-24-26(23,25-4-2)15-21-13-16(11-18-7-5-9-27-18)20(22)17(14-21)12-19-8-6-10-28-19/h5-12H,3-4,13-15H2,1-2H3/b16-11+,17-12+. The van der Waals surface area contributed by atoms with Crippen LogP contribution in [-0.2, 0) is 18.4 Å². The molecular weight excluding hydrogens is 413 g/mol. The van der Waals surface area contributed by atoms with E-state index in [0.29, 0.717) is 37.4 Å². The van der Waals surface area contributed by atoms with Gasteiger partial charge in [0.05, 0.1) is 13.2 Å². The minimum Gasteiger partial charge on any atom is -0.308 e. The Morgan fingerprint density at radius 2 is 1.50 bits per heavy atom. The first-order valence-corrected chi connectivity index (χ1v) is 12.6. The van der Waals surface area contributed by atoms with Crippen molar-refractivity contribution in [1.82, 2.24) is 4.90 Å². The summed E-state index contributed by atoms with van der Waals surface area (Å²) >= 11 is 3.17. The average molecular weight is 438 g/mol. The minimum atomic E-state index is -3.24. The Hall–Kier alpha value is -1.34. The Balaban J connectivity index is 1.90. The molecule has 2 aromatic heterocycles. The molecule has 0 saturated carbocycles. The lowest BCUT2D eigenvalue weighted by atomic mass is 9.97. The lowest BCUT2D eigenvalue weighted by molar-refractivity contribution is -0.113. The van der Waals surface area contributed by atoms with Crippen molar-refractivity contribution < 1.29 is 18.4 Å². The van der Waals surface area contributed by atoms with Crippen LogP contribution < -0.4 is 0 Å². The van der Waals surface area contributed by atoms with Gasteiger partial charge in [-0.3, -0.25) is 14.3 Å². The van der Waals surface area contributed by atoms with Gasteiger partial charge in [-0.25, -0.2) is 0 Å². The first kappa shape index (κ1) is 21.4. The summed E-state index contributed by atoms with van der Waals surface area (Å²) in [7, 11) is -3.24. The molecule has 0 bridgehead atoms. The summed E-state index contributed by atoms with van der Waals surface area (Å²) in [4.78, 5) is 17.1. The van der Waals surface area contributed by atoms with Gasteiger partial charge in [0.25, 0.3) is 0 Å². The summed E-state index contributed by atoms with van der Waals surface area (Å²) in [6.45, 7) is 5.08. The van der Waals surface area contributed by atoms with E-state index in [0.717, 1.165) is 9.75 Å². The Bertz CT molecular complexity index is 821. The number of ketones is 1. The summed E-state index contributed by atoms with van der Waals surface area (Å²) in [5.74, 6) is 0.0423. The molecule has 5 nitrogen and oxygen atoms in total. The van der Waals surface area contributed by atoms with Crippen LogP contribution in [0.5, 0.6) is 0 Å². The van der Waals surface area contributed by atoms with E-state index < -0.39 is 7.60 Å². The molecule has 0 unspecified atom stereocenters. The molecule has 150 valence electrons. The molecule has 0 N–H and O–H groups in total. The molecular formula is C20H24NO4PS2. The van der Waals surface area contributed by atoms with E-state index in [1.165, 1.54) is 0 Å². The maximum atomic E-state index is 13.1. The van der Waals surface area contributed by atoms with E-state index in [2.05, 4.69) is 0 Å². The first-order chi connectivity index (χ1) is 13.5. The van der Waals surface area contributed by atoms with Crippen molar-refractivity contribution in [3.8, 4) is 0 Å². The van der Waals surface area contributed by atoms with E-state index in [1.54, 1.807) is 36.5 Å². The third-order valence-electron chi connectivity index (χ3n) is 4.12. The second-order valence-electron chi connectivity index (χ2n) is 6.27. The Morgan fingerprint density at radius 3 is 1.89 bits per heavy atom. The molecule has 2 aromatic rings. The van der Waals surface area contributed by atoms with Gasteiger partial charge in [0, 0.05) is 34.0 Å². The number of rotatable bonds is 8. The van der Waals surface area contributed by atoms with E-state index >= 15 is 0 Å². The summed E-state index contributed by atoms with van der Waals surface area (Å²) < 4.78 is 23.9. The van der Waals surface area contributed by atoms with Gasteiger partial charge in [0.1, 0.15) is 6.29 Å². The highest BCUT2D eigenvalue weighted by Gasteiger charge is 2.33. The fourth-order valence-corrected chi connectivity index (χ4v) is 6.14. The predicted molar refractivity (Wildman–Crippen MR) is 117 cm³/mol. The normalized spacial score (nSPS) is 19.0. The van der Waals surface area contributed by atoms with Crippen LogP contribution in [0.25, 0.3) is 12.2 Å². The number of carbonyl (C=O) groups is 1. The second-order valence-corrected chi connectivity index (χ2v) is 10.3.